The Kier molecular flexibility index (Phi) is 5.34. The van der Waals surface area contributed by atoms with Gasteiger partial charge in [0.05, 0.1) is 6.10 Å². The fourth-order valence-electron chi connectivity index (χ4n) is 7.39. The minimum Gasteiger partial charge on any atom is -0.390 e. The van der Waals surface area contributed by atoms with Crippen LogP contribution in [0.1, 0.15) is 46.5 Å². The number of carbonyl (C=O) groups excluding carboxylic acids is 2. The maximum absolute atomic E-state index is 17.0. The van der Waals surface area contributed by atoms with Crippen LogP contribution in [0.2, 0.25) is 0 Å². The van der Waals surface area contributed by atoms with Crippen LogP contribution in [0.5, 0.6) is 0 Å². The van der Waals surface area contributed by atoms with Crippen LogP contribution in [-0.2, 0) is 18.7 Å². The van der Waals surface area contributed by atoms with E-state index in [4.69, 9.17) is 9.79 Å². The van der Waals surface area contributed by atoms with Crippen LogP contribution in [0.25, 0.3) is 0 Å². The van der Waals surface area contributed by atoms with E-state index >= 15 is 4.39 Å². The standard InChI is InChI=1S/C22H30FO8P/c1-12-8-16-15-5-4-13-9-14(24)6-7-19(13,2)21(15,23)17(25)10-20(16,3)22(12,27)18(26)11-31-32(28,29)30/h6-7,9,12,15-17,25,27H,4-5,8,10-11H2,1-3H3,(H2,28,29,30)/t12-,15-,16+,17+,19+,20+,21-,22+/m0/s1. The van der Waals surface area contributed by atoms with Gasteiger partial charge in [0.2, 0.25) is 0 Å². The predicted octanol–water partition coefficient (Wildman–Crippen LogP) is 2.01. The number of fused-ring (bicyclic) bond motifs is 5. The number of allylic oxidation sites excluding steroid dienone is 4. The van der Waals surface area contributed by atoms with Crippen molar-refractivity contribution >= 4 is 19.4 Å². The van der Waals surface area contributed by atoms with Crippen molar-refractivity contribution in [3.63, 3.8) is 0 Å². The molecule has 32 heavy (non-hydrogen) atoms. The molecule has 10 heteroatoms. The molecule has 0 aliphatic heterocycles. The number of rotatable bonds is 4. The lowest BCUT2D eigenvalue weighted by Crippen LogP contribution is -2.69. The minimum absolute atomic E-state index is 0.211. The van der Waals surface area contributed by atoms with Crippen molar-refractivity contribution in [1.82, 2.24) is 0 Å². The van der Waals surface area contributed by atoms with E-state index in [1.54, 1.807) is 20.8 Å². The predicted molar refractivity (Wildman–Crippen MR) is 111 cm³/mol. The molecule has 178 valence electrons. The van der Waals surface area contributed by atoms with E-state index in [1.807, 2.05) is 0 Å². The Balaban J connectivity index is 1.74. The highest BCUT2D eigenvalue weighted by Crippen LogP contribution is 2.70. The maximum atomic E-state index is 17.0. The molecular formula is C22H30FO8P. The highest BCUT2D eigenvalue weighted by molar-refractivity contribution is 7.46. The summed E-state index contributed by atoms with van der Waals surface area (Å²) in [6.07, 6.45) is 3.70. The smallest absolute Gasteiger partial charge is 0.390 e. The molecule has 0 aromatic carbocycles. The van der Waals surface area contributed by atoms with Crippen LogP contribution < -0.4 is 0 Å². The number of carbonyl (C=O) groups is 2. The Bertz CT molecular complexity index is 973. The summed E-state index contributed by atoms with van der Waals surface area (Å²) in [6.45, 7) is 4.00. The molecular weight excluding hydrogens is 442 g/mol. The van der Waals surface area contributed by atoms with Crippen LogP contribution in [0.15, 0.2) is 23.8 Å². The second kappa shape index (κ2) is 7.14. The SMILES string of the molecule is C[C@H]1C[C@@H]2[C@@H]3CCC4=CC(=O)C=C[C@@]4(C)[C@@]3(F)[C@H](O)C[C@@]2(C)[C@]1(O)C(=O)COP(=O)(O)O. The molecule has 4 aliphatic rings. The van der Waals surface area contributed by atoms with E-state index in [0.29, 0.717) is 24.8 Å². The van der Waals surface area contributed by atoms with Crippen molar-refractivity contribution in [2.45, 2.75) is 63.8 Å². The van der Waals surface area contributed by atoms with E-state index < -0.39 is 66.2 Å². The van der Waals surface area contributed by atoms with Crippen molar-refractivity contribution in [3.8, 4) is 0 Å². The highest BCUT2D eigenvalue weighted by Gasteiger charge is 2.75. The molecule has 0 radical (unpaired) electrons. The number of halogens is 1. The lowest BCUT2D eigenvalue weighted by molar-refractivity contribution is -0.219. The van der Waals surface area contributed by atoms with Gasteiger partial charge in [-0.05, 0) is 56.6 Å². The third kappa shape index (κ3) is 2.95. The summed E-state index contributed by atoms with van der Waals surface area (Å²) in [5, 5.41) is 22.8. The Hall–Kier alpha value is -1.22. The molecule has 0 saturated heterocycles. The van der Waals surface area contributed by atoms with Crippen LogP contribution in [0.4, 0.5) is 4.39 Å². The summed E-state index contributed by atoms with van der Waals surface area (Å²) in [5.74, 6) is -2.87. The summed E-state index contributed by atoms with van der Waals surface area (Å²) >= 11 is 0. The second-order valence-corrected chi connectivity index (χ2v) is 11.6. The number of aliphatic hydroxyl groups is 2. The van der Waals surface area contributed by atoms with Gasteiger partial charge in [0, 0.05) is 16.7 Å². The van der Waals surface area contributed by atoms with E-state index in [1.165, 1.54) is 18.2 Å². The zero-order valence-electron chi connectivity index (χ0n) is 18.3. The number of Topliss-reactive ketones (excluding diaryl/α,β-unsaturated/α-hetero) is 1. The van der Waals surface area contributed by atoms with Gasteiger partial charge in [-0.2, -0.15) is 0 Å². The quantitative estimate of drug-likeness (QED) is 0.456. The number of phosphoric ester groups is 1. The molecule has 4 aliphatic carbocycles. The first-order valence-electron chi connectivity index (χ1n) is 10.9. The van der Waals surface area contributed by atoms with Gasteiger partial charge in [0.25, 0.3) is 0 Å². The van der Waals surface area contributed by atoms with Gasteiger partial charge < -0.3 is 20.0 Å². The first kappa shape index (κ1) is 23.9. The summed E-state index contributed by atoms with van der Waals surface area (Å²) in [6, 6.07) is 0. The number of hydrogen-bond donors (Lipinski definition) is 4. The Morgan fingerprint density at radius 2 is 1.97 bits per heavy atom. The molecule has 0 aromatic heterocycles. The van der Waals surface area contributed by atoms with Crippen LogP contribution in [0, 0.1) is 28.6 Å². The second-order valence-electron chi connectivity index (χ2n) is 10.4. The molecule has 0 heterocycles. The number of phosphoric acid groups is 1. The summed E-state index contributed by atoms with van der Waals surface area (Å²) < 4.78 is 32.5. The van der Waals surface area contributed by atoms with Gasteiger partial charge in [-0.1, -0.05) is 25.5 Å². The Labute approximate surface area is 185 Å². The maximum Gasteiger partial charge on any atom is 0.470 e. The summed E-state index contributed by atoms with van der Waals surface area (Å²) in [7, 11) is -4.93. The van der Waals surface area contributed by atoms with Crippen molar-refractivity contribution in [2.75, 3.05) is 6.61 Å². The molecule has 3 saturated carbocycles. The van der Waals surface area contributed by atoms with Crippen LogP contribution in [0.3, 0.4) is 0 Å². The van der Waals surface area contributed by atoms with Crippen LogP contribution >= 0.6 is 7.82 Å². The summed E-state index contributed by atoms with van der Waals surface area (Å²) in [5.41, 5.74) is -5.88. The lowest BCUT2D eigenvalue weighted by atomic mass is 9.44. The summed E-state index contributed by atoms with van der Waals surface area (Å²) in [4.78, 5) is 42.8. The van der Waals surface area contributed by atoms with Gasteiger partial charge in [-0.3, -0.25) is 14.1 Å². The largest absolute Gasteiger partial charge is 0.470 e. The molecule has 4 rings (SSSR count). The zero-order chi connectivity index (χ0) is 23.9. The highest BCUT2D eigenvalue weighted by atomic mass is 31.2. The molecule has 0 amide bonds. The lowest BCUT2D eigenvalue weighted by Gasteiger charge is -2.62. The molecule has 8 nitrogen and oxygen atoms in total. The third-order valence-corrected chi connectivity index (χ3v) is 9.48. The number of aliphatic hydroxyl groups excluding tert-OH is 1. The fourth-order valence-corrected chi connectivity index (χ4v) is 7.68. The Morgan fingerprint density at radius 1 is 1.31 bits per heavy atom. The van der Waals surface area contributed by atoms with Crippen molar-refractivity contribution in [2.24, 2.45) is 28.6 Å². The zero-order valence-corrected chi connectivity index (χ0v) is 19.2. The topological polar surface area (TPSA) is 141 Å². The van der Waals surface area contributed by atoms with Crippen molar-refractivity contribution in [1.29, 1.82) is 0 Å². The van der Waals surface area contributed by atoms with E-state index in [9.17, 15) is 24.4 Å². The number of alkyl halides is 1. The Morgan fingerprint density at radius 3 is 2.59 bits per heavy atom. The van der Waals surface area contributed by atoms with Gasteiger partial charge in [-0.15, -0.1) is 0 Å². The van der Waals surface area contributed by atoms with Gasteiger partial charge in [0.1, 0.15) is 12.2 Å². The molecule has 0 spiro atoms. The third-order valence-electron chi connectivity index (χ3n) is 9.01. The van der Waals surface area contributed by atoms with E-state index in [-0.39, 0.29) is 12.2 Å². The molecule has 0 aromatic rings. The minimum atomic E-state index is -4.93. The number of hydrogen-bond acceptors (Lipinski definition) is 6. The molecule has 0 unspecified atom stereocenters. The normalized spacial score (nSPS) is 48.0. The van der Waals surface area contributed by atoms with Crippen LogP contribution in [-0.4, -0.2) is 55.5 Å². The first-order chi connectivity index (χ1) is 14.6. The first-order valence-corrected chi connectivity index (χ1v) is 12.4. The average Bonchev–Trinajstić information content (AvgIpc) is 2.89. The van der Waals surface area contributed by atoms with E-state index in [2.05, 4.69) is 4.52 Å². The molecule has 4 N–H and O–H groups in total. The van der Waals surface area contributed by atoms with Gasteiger partial charge in [0.15, 0.2) is 17.2 Å². The average molecular weight is 472 g/mol. The van der Waals surface area contributed by atoms with Crippen molar-refractivity contribution < 1.29 is 43.1 Å². The fraction of sp³-hybridized carbons (Fsp3) is 0.727. The molecule has 8 atom stereocenters. The van der Waals surface area contributed by atoms with Crippen molar-refractivity contribution in [3.05, 3.63) is 23.8 Å². The van der Waals surface area contributed by atoms with Gasteiger partial charge in [-0.25, -0.2) is 8.96 Å². The molecule has 0 bridgehead atoms. The monoisotopic (exact) mass is 472 g/mol. The molecule has 3 fully saturated rings. The number of ketones is 2. The van der Waals surface area contributed by atoms with Gasteiger partial charge >= 0.3 is 7.82 Å². The van der Waals surface area contributed by atoms with E-state index in [0.717, 1.165) is 0 Å².